The van der Waals surface area contributed by atoms with Crippen LogP contribution < -0.4 is 10.6 Å². The lowest BCUT2D eigenvalue weighted by Gasteiger charge is -2.39. The van der Waals surface area contributed by atoms with Gasteiger partial charge >= 0.3 is 6.03 Å². The first-order valence-corrected chi connectivity index (χ1v) is 7.41. The van der Waals surface area contributed by atoms with E-state index in [0.717, 1.165) is 12.8 Å². The second kappa shape index (κ2) is 4.52. The molecule has 2 unspecified atom stereocenters. The Kier molecular flexibility index (Phi) is 3.44. The van der Waals surface area contributed by atoms with Gasteiger partial charge in [-0.1, -0.05) is 22.6 Å². The molecule has 5 heteroatoms. The second-order valence-electron chi connectivity index (χ2n) is 4.17. The molecule has 0 aliphatic heterocycles. The Bertz CT molecular complexity index is 406. The van der Waals surface area contributed by atoms with Crippen LogP contribution >= 0.6 is 33.9 Å². The van der Waals surface area contributed by atoms with E-state index < -0.39 is 0 Å². The van der Waals surface area contributed by atoms with E-state index in [-0.39, 0.29) is 11.6 Å². The number of amides is 2. The zero-order valence-electron chi connectivity index (χ0n) is 9.34. The van der Waals surface area contributed by atoms with Gasteiger partial charge in [-0.3, -0.25) is 0 Å². The normalized spacial score (nSPS) is 28.3. The number of alkyl halides is 1. The first-order valence-electron chi connectivity index (χ1n) is 5.28. The summed E-state index contributed by atoms with van der Waals surface area (Å²) in [6, 6.07) is 2.03. The van der Waals surface area contributed by atoms with Gasteiger partial charge in [0.25, 0.3) is 0 Å². The van der Waals surface area contributed by atoms with Gasteiger partial charge in [0.15, 0.2) is 0 Å². The number of nitrogens with one attached hydrogen (secondary N) is 2. The second-order valence-corrected chi connectivity index (χ2v) is 6.67. The summed E-state index contributed by atoms with van der Waals surface area (Å²) in [7, 11) is 1.65. The minimum absolute atomic E-state index is 0.108. The number of carbonyl (C=O) groups excluding carboxylic acids is 1. The number of rotatable bonds is 1. The molecule has 2 amide bonds. The maximum absolute atomic E-state index is 11.5. The summed E-state index contributed by atoms with van der Waals surface area (Å²) in [6.07, 6.45) is 2.25. The molecule has 88 valence electrons. The number of thiophene rings is 1. The molecule has 0 saturated carbocycles. The summed E-state index contributed by atoms with van der Waals surface area (Å²) in [6.45, 7) is 2.12. The topological polar surface area (TPSA) is 41.1 Å². The van der Waals surface area contributed by atoms with Gasteiger partial charge in [-0.15, -0.1) is 11.3 Å². The van der Waals surface area contributed by atoms with E-state index in [0.29, 0.717) is 3.92 Å². The van der Waals surface area contributed by atoms with E-state index in [1.807, 2.05) is 0 Å². The molecule has 3 nitrogen and oxygen atoms in total. The summed E-state index contributed by atoms with van der Waals surface area (Å²) in [5.74, 6) is 0. The number of carbonyl (C=O) groups is 1. The zero-order valence-corrected chi connectivity index (χ0v) is 12.3. The number of fused-ring (bicyclic) bond motifs is 1. The zero-order chi connectivity index (χ0) is 11.8. The summed E-state index contributed by atoms with van der Waals surface area (Å²) in [5.41, 5.74) is 1.04. The van der Waals surface area contributed by atoms with Crippen LogP contribution in [0.15, 0.2) is 11.4 Å². The molecular formula is C11H15IN2OS. The summed E-state index contributed by atoms with van der Waals surface area (Å²) in [5, 5.41) is 7.83. The molecule has 2 atom stereocenters. The van der Waals surface area contributed by atoms with Gasteiger partial charge in [-0.05, 0) is 36.8 Å². The molecule has 2 rings (SSSR count). The Morgan fingerprint density at radius 2 is 2.44 bits per heavy atom. The number of urea groups is 1. The number of aryl methyl sites for hydroxylation is 1. The van der Waals surface area contributed by atoms with Crippen LogP contribution in [0.3, 0.4) is 0 Å². The van der Waals surface area contributed by atoms with Crippen molar-refractivity contribution in [2.45, 2.75) is 29.2 Å². The quantitative estimate of drug-likeness (QED) is 0.593. The number of hydrogen-bond donors (Lipinski definition) is 2. The Labute approximate surface area is 113 Å². The van der Waals surface area contributed by atoms with Crippen LogP contribution in [0, 0.1) is 0 Å². The fourth-order valence-electron chi connectivity index (χ4n) is 2.16. The van der Waals surface area contributed by atoms with Crippen molar-refractivity contribution < 1.29 is 4.79 Å². The lowest BCUT2D eigenvalue weighted by atomic mass is 9.82. The van der Waals surface area contributed by atoms with Crippen LogP contribution in [0.2, 0.25) is 0 Å². The monoisotopic (exact) mass is 350 g/mol. The van der Waals surface area contributed by atoms with Gasteiger partial charge < -0.3 is 10.6 Å². The highest BCUT2D eigenvalue weighted by atomic mass is 127. The highest BCUT2D eigenvalue weighted by Gasteiger charge is 2.40. The van der Waals surface area contributed by atoms with E-state index in [2.05, 4.69) is 51.6 Å². The summed E-state index contributed by atoms with van der Waals surface area (Å²) in [4.78, 5) is 12.9. The average molecular weight is 350 g/mol. The van der Waals surface area contributed by atoms with Gasteiger partial charge in [0.2, 0.25) is 0 Å². The van der Waals surface area contributed by atoms with Crippen LogP contribution in [-0.4, -0.2) is 17.0 Å². The Hall–Kier alpha value is -0.300. The van der Waals surface area contributed by atoms with Crippen LogP contribution in [-0.2, 0) is 12.0 Å². The molecule has 16 heavy (non-hydrogen) atoms. The van der Waals surface area contributed by atoms with Crippen molar-refractivity contribution >= 4 is 40.0 Å². The van der Waals surface area contributed by atoms with Crippen LogP contribution in [0.5, 0.6) is 0 Å². The van der Waals surface area contributed by atoms with Gasteiger partial charge in [0.05, 0.1) is 5.54 Å². The third kappa shape index (κ3) is 1.95. The Morgan fingerprint density at radius 3 is 3.12 bits per heavy atom. The first kappa shape index (κ1) is 12.2. The minimum atomic E-state index is -0.242. The summed E-state index contributed by atoms with van der Waals surface area (Å²) >= 11 is 4.23. The van der Waals surface area contributed by atoms with Crippen molar-refractivity contribution in [2.75, 3.05) is 7.05 Å². The Morgan fingerprint density at radius 1 is 1.69 bits per heavy atom. The molecule has 0 saturated heterocycles. The fourth-order valence-corrected chi connectivity index (χ4v) is 3.97. The lowest BCUT2D eigenvalue weighted by Crippen LogP contribution is -2.53. The Balaban J connectivity index is 2.35. The predicted molar refractivity (Wildman–Crippen MR) is 75.4 cm³/mol. The lowest BCUT2D eigenvalue weighted by molar-refractivity contribution is 0.227. The van der Waals surface area contributed by atoms with E-state index in [1.165, 1.54) is 10.4 Å². The molecule has 0 spiro atoms. The molecule has 1 aromatic heterocycles. The van der Waals surface area contributed by atoms with Gasteiger partial charge in [0, 0.05) is 15.8 Å². The minimum Gasteiger partial charge on any atom is -0.341 e. The van der Waals surface area contributed by atoms with Crippen LogP contribution in [0.4, 0.5) is 4.79 Å². The van der Waals surface area contributed by atoms with E-state index in [4.69, 9.17) is 0 Å². The van der Waals surface area contributed by atoms with Crippen molar-refractivity contribution in [3.05, 3.63) is 21.9 Å². The standard InChI is InChI=1S/C11H15IN2OS/c1-11(14-10(15)13-2)7-5-6-16-8(7)3-4-9(11)12/h5-6,9H,3-4H2,1-2H3,(H2,13,14,15). The predicted octanol–water partition coefficient (Wildman–Crippen LogP) is 2.64. The van der Waals surface area contributed by atoms with Crippen molar-refractivity contribution in [2.24, 2.45) is 0 Å². The number of halogens is 1. The molecule has 1 aliphatic carbocycles. The molecule has 0 aromatic carbocycles. The molecule has 0 radical (unpaired) electrons. The SMILES string of the molecule is CNC(=O)NC1(C)c2ccsc2CCC1I. The van der Waals surface area contributed by atoms with Gasteiger partial charge in [-0.25, -0.2) is 4.79 Å². The van der Waals surface area contributed by atoms with Crippen LogP contribution in [0.25, 0.3) is 0 Å². The third-order valence-electron chi connectivity index (χ3n) is 3.16. The van der Waals surface area contributed by atoms with Crippen molar-refractivity contribution in [1.29, 1.82) is 0 Å². The largest absolute Gasteiger partial charge is 0.341 e. The van der Waals surface area contributed by atoms with E-state index in [9.17, 15) is 4.79 Å². The fraction of sp³-hybridized carbons (Fsp3) is 0.545. The maximum atomic E-state index is 11.5. The molecule has 0 bridgehead atoms. The molecule has 1 heterocycles. The van der Waals surface area contributed by atoms with E-state index in [1.54, 1.807) is 18.4 Å². The van der Waals surface area contributed by atoms with Crippen molar-refractivity contribution in [3.8, 4) is 0 Å². The van der Waals surface area contributed by atoms with Gasteiger partial charge in [0.1, 0.15) is 0 Å². The van der Waals surface area contributed by atoms with Crippen molar-refractivity contribution in [1.82, 2.24) is 10.6 Å². The van der Waals surface area contributed by atoms with Crippen LogP contribution in [0.1, 0.15) is 23.8 Å². The average Bonchev–Trinajstić information content (AvgIpc) is 2.73. The highest BCUT2D eigenvalue weighted by molar-refractivity contribution is 14.1. The van der Waals surface area contributed by atoms with Crippen molar-refractivity contribution in [3.63, 3.8) is 0 Å². The molecular weight excluding hydrogens is 335 g/mol. The highest BCUT2D eigenvalue weighted by Crippen LogP contribution is 2.41. The smallest absolute Gasteiger partial charge is 0.315 e. The molecule has 0 fully saturated rings. The van der Waals surface area contributed by atoms with E-state index >= 15 is 0 Å². The maximum Gasteiger partial charge on any atom is 0.315 e. The van der Waals surface area contributed by atoms with Gasteiger partial charge in [-0.2, -0.15) is 0 Å². The first-order chi connectivity index (χ1) is 7.58. The molecule has 2 N–H and O–H groups in total. The molecule has 1 aromatic rings. The number of hydrogen-bond acceptors (Lipinski definition) is 2. The third-order valence-corrected chi connectivity index (χ3v) is 6.01. The summed E-state index contributed by atoms with van der Waals surface area (Å²) < 4.78 is 0.435. The molecule has 1 aliphatic rings.